The van der Waals surface area contributed by atoms with Gasteiger partial charge in [-0.1, -0.05) is 12.1 Å². The largest absolute Gasteiger partial charge is 0.325 e. The Morgan fingerprint density at radius 3 is 3.09 bits per heavy atom. The van der Waals surface area contributed by atoms with Crippen molar-refractivity contribution in [1.82, 2.24) is 25.5 Å². The maximum absolute atomic E-state index is 12.2. The number of tetrazole rings is 1. The molecule has 0 radical (unpaired) electrons. The van der Waals surface area contributed by atoms with Crippen LogP contribution in [0.2, 0.25) is 0 Å². The van der Waals surface area contributed by atoms with E-state index in [0.717, 1.165) is 41.5 Å². The Hall–Kier alpha value is -1.93. The predicted octanol–water partition coefficient (Wildman–Crippen LogP) is 1.28. The lowest BCUT2D eigenvalue weighted by molar-refractivity contribution is -0.117. The van der Waals surface area contributed by atoms with Gasteiger partial charge in [-0.3, -0.25) is 10.1 Å². The molecule has 2 heterocycles. The van der Waals surface area contributed by atoms with Gasteiger partial charge in [-0.2, -0.15) is 0 Å². The fourth-order valence-electron chi connectivity index (χ4n) is 2.48. The van der Waals surface area contributed by atoms with E-state index < -0.39 is 0 Å². The number of thioether (sulfide) groups is 1. The minimum Gasteiger partial charge on any atom is -0.325 e. The highest BCUT2D eigenvalue weighted by Gasteiger charge is 2.28. The van der Waals surface area contributed by atoms with Crippen molar-refractivity contribution in [3.63, 3.8) is 0 Å². The molecule has 1 saturated carbocycles. The third-order valence-electron chi connectivity index (χ3n) is 3.81. The molecule has 1 unspecified atom stereocenters. The monoisotopic (exact) mass is 316 g/mol. The van der Waals surface area contributed by atoms with Gasteiger partial charge in [0.1, 0.15) is 0 Å². The molecule has 114 valence electrons. The third kappa shape index (κ3) is 2.71. The highest BCUT2D eigenvalue weighted by molar-refractivity contribution is 7.99. The summed E-state index contributed by atoms with van der Waals surface area (Å²) in [6.07, 6.45) is 2.25. The lowest BCUT2D eigenvalue weighted by atomic mass is 10.2. The highest BCUT2D eigenvalue weighted by atomic mass is 32.2. The number of rotatable bonds is 4. The Morgan fingerprint density at radius 1 is 1.41 bits per heavy atom. The van der Waals surface area contributed by atoms with E-state index in [1.807, 2.05) is 28.9 Å². The Labute approximate surface area is 131 Å². The van der Waals surface area contributed by atoms with Crippen LogP contribution in [0.5, 0.6) is 0 Å². The molecule has 8 heteroatoms. The first kappa shape index (κ1) is 13.7. The summed E-state index contributed by atoms with van der Waals surface area (Å²) in [6.45, 7) is 0. The Bertz CT molecular complexity index is 692. The molecule has 1 aromatic carbocycles. The average molecular weight is 316 g/mol. The van der Waals surface area contributed by atoms with Crippen molar-refractivity contribution in [3.05, 3.63) is 24.3 Å². The number of hydrogen-bond acceptors (Lipinski definition) is 6. The summed E-state index contributed by atoms with van der Waals surface area (Å²) in [5, 5.41) is 18.1. The topological polar surface area (TPSA) is 84.7 Å². The van der Waals surface area contributed by atoms with E-state index in [1.165, 1.54) is 0 Å². The molecule has 2 N–H and O–H groups in total. The normalized spacial score (nSPS) is 21.0. The van der Waals surface area contributed by atoms with Crippen LogP contribution in [0.25, 0.3) is 11.4 Å². The second-order valence-electron chi connectivity index (χ2n) is 5.52. The van der Waals surface area contributed by atoms with Crippen LogP contribution in [0.15, 0.2) is 24.3 Å². The van der Waals surface area contributed by atoms with Crippen LogP contribution < -0.4 is 10.6 Å². The van der Waals surface area contributed by atoms with Crippen molar-refractivity contribution in [2.45, 2.75) is 24.9 Å². The summed E-state index contributed by atoms with van der Waals surface area (Å²) < 4.78 is 1.87. The number of carbonyl (C=O) groups excluding carboxylic acids is 1. The lowest BCUT2D eigenvalue weighted by Gasteiger charge is -2.11. The molecule has 1 aliphatic carbocycles. The molecule has 1 aliphatic heterocycles. The summed E-state index contributed by atoms with van der Waals surface area (Å²) >= 11 is 1.73. The molecule has 2 aliphatic rings. The highest BCUT2D eigenvalue weighted by Crippen LogP contribution is 2.36. The van der Waals surface area contributed by atoms with E-state index in [-0.39, 0.29) is 11.9 Å². The summed E-state index contributed by atoms with van der Waals surface area (Å²) in [4.78, 5) is 12.2. The average Bonchev–Trinajstić information content (AvgIpc) is 3.05. The quantitative estimate of drug-likeness (QED) is 0.884. The lowest BCUT2D eigenvalue weighted by Crippen LogP contribution is -2.37. The van der Waals surface area contributed by atoms with Crippen LogP contribution in [-0.2, 0) is 4.79 Å². The molecule has 0 bridgehead atoms. The van der Waals surface area contributed by atoms with E-state index in [4.69, 9.17) is 0 Å². The van der Waals surface area contributed by atoms with Crippen molar-refractivity contribution in [3.8, 4) is 11.4 Å². The van der Waals surface area contributed by atoms with Gasteiger partial charge in [0.25, 0.3) is 0 Å². The van der Waals surface area contributed by atoms with Crippen molar-refractivity contribution in [1.29, 1.82) is 0 Å². The number of aromatic nitrogens is 4. The standard InChI is InChI=1S/C14H16N6OS/c21-14(12-7-22-8-15-12)16-10-3-1-2-9(6-10)13-17-18-19-20(13)11-4-5-11/h1-3,6,11-12,15H,4-5,7-8H2,(H,16,21). The third-order valence-corrected chi connectivity index (χ3v) is 4.75. The van der Waals surface area contributed by atoms with Gasteiger partial charge in [-0.25, -0.2) is 4.68 Å². The van der Waals surface area contributed by atoms with Crippen molar-refractivity contribution < 1.29 is 4.79 Å². The summed E-state index contributed by atoms with van der Waals surface area (Å²) in [7, 11) is 0. The number of nitrogens with zero attached hydrogens (tertiary/aromatic N) is 4. The molecule has 1 amide bonds. The number of carbonyl (C=O) groups is 1. The van der Waals surface area contributed by atoms with Gasteiger partial charge >= 0.3 is 0 Å². The van der Waals surface area contributed by atoms with Gasteiger partial charge < -0.3 is 5.32 Å². The molecular formula is C14H16N6OS. The fourth-order valence-corrected chi connectivity index (χ4v) is 3.42. The van der Waals surface area contributed by atoms with Crippen molar-refractivity contribution in [2.75, 3.05) is 16.9 Å². The molecule has 1 aromatic heterocycles. The molecule has 1 atom stereocenters. The maximum atomic E-state index is 12.2. The number of hydrogen-bond donors (Lipinski definition) is 2. The van der Waals surface area contributed by atoms with Crippen LogP contribution in [0, 0.1) is 0 Å². The van der Waals surface area contributed by atoms with Crippen LogP contribution in [0.1, 0.15) is 18.9 Å². The summed E-state index contributed by atoms with van der Waals surface area (Å²) in [5.41, 5.74) is 1.69. The zero-order valence-electron chi connectivity index (χ0n) is 11.9. The van der Waals surface area contributed by atoms with E-state index in [1.54, 1.807) is 11.8 Å². The number of nitrogens with one attached hydrogen (secondary N) is 2. The smallest absolute Gasteiger partial charge is 0.242 e. The van der Waals surface area contributed by atoms with Crippen molar-refractivity contribution >= 4 is 23.4 Å². The SMILES string of the molecule is O=C(Nc1cccc(-c2nnnn2C2CC2)c1)C1CSCN1. The van der Waals surface area contributed by atoms with Crippen LogP contribution >= 0.6 is 11.8 Å². The number of benzene rings is 1. The fraction of sp³-hybridized carbons (Fsp3) is 0.429. The Morgan fingerprint density at radius 2 is 2.32 bits per heavy atom. The molecule has 1 saturated heterocycles. The zero-order chi connectivity index (χ0) is 14.9. The van der Waals surface area contributed by atoms with Gasteiger partial charge in [0, 0.05) is 22.9 Å². The number of amides is 1. The van der Waals surface area contributed by atoms with Crippen molar-refractivity contribution in [2.24, 2.45) is 0 Å². The Balaban J connectivity index is 1.55. The van der Waals surface area contributed by atoms with Crippen LogP contribution in [0.3, 0.4) is 0 Å². The summed E-state index contributed by atoms with van der Waals surface area (Å²) in [5.74, 6) is 2.40. The minimum absolute atomic E-state index is 0.00364. The molecule has 22 heavy (non-hydrogen) atoms. The molecule has 2 aromatic rings. The van der Waals surface area contributed by atoms with Gasteiger partial charge in [-0.05, 0) is 35.4 Å². The molecule has 4 rings (SSSR count). The van der Waals surface area contributed by atoms with Gasteiger partial charge in [-0.15, -0.1) is 16.9 Å². The second-order valence-corrected chi connectivity index (χ2v) is 6.55. The first-order valence-corrected chi connectivity index (χ1v) is 8.47. The molecular weight excluding hydrogens is 300 g/mol. The van der Waals surface area contributed by atoms with Crippen LogP contribution in [0.4, 0.5) is 5.69 Å². The first-order valence-electron chi connectivity index (χ1n) is 7.31. The zero-order valence-corrected chi connectivity index (χ0v) is 12.7. The van der Waals surface area contributed by atoms with E-state index in [0.29, 0.717) is 6.04 Å². The van der Waals surface area contributed by atoms with E-state index >= 15 is 0 Å². The molecule has 7 nitrogen and oxygen atoms in total. The van der Waals surface area contributed by atoms with Crippen LogP contribution in [-0.4, -0.2) is 43.8 Å². The van der Waals surface area contributed by atoms with Gasteiger partial charge in [0.2, 0.25) is 5.91 Å². The van der Waals surface area contributed by atoms with E-state index in [9.17, 15) is 4.79 Å². The maximum Gasteiger partial charge on any atom is 0.242 e. The summed E-state index contributed by atoms with van der Waals surface area (Å²) in [6, 6.07) is 7.98. The van der Waals surface area contributed by atoms with Gasteiger partial charge in [0.15, 0.2) is 5.82 Å². The molecule has 2 fully saturated rings. The first-order chi connectivity index (χ1) is 10.8. The van der Waals surface area contributed by atoms with Gasteiger partial charge in [0.05, 0.1) is 12.1 Å². The number of anilines is 1. The predicted molar refractivity (Wildman–Crippen MR) is 84.4 cm³/mol. The minimum atomic E-state index is -0.120. The Kier molecular flexibility index (Phi) is 3.55. The second kappa shape index (κ2) is 5.69. The molecule has 0 spiro atoms. The van der Waals surface area contributed by atoms with E-state index in [2.05, 4.69) is 26.2 Å².